The summed E-state index contributed by atoms with van der Waals surface area (Å²) < 4.78 is 2.28. The number of benzene rings is 1. The lowest BCUT2D eigenvalue weighted by atomic mass is 10.1. The number of hydrogen-bond donors (Lipinski definition) is 1. The highest BCUT2D eigenvalue weighted by molar-refractivity contribution is 8.01. The number of anilines is 2. The standard InChI is InChI=1S/C20H21ClN6O2S2/c1-3-18(29)27(14-8-9-14)19-23-24-20(31-19)30-11-17(28)22-16-10-15(25-26(16)2)12-4-6-13(21)7-5-12/h4-7,10,14H,3,8-9,11H2,1-2H3,(H,22,28). The van der Waals surface area contributed by atoms with E-state index in [9.17, 15) is 9.59 Å². The molecule has 162 valence electrons. The molecule has 31 heavy (non-hydrogen) atoms. The predicted octanol–water partition coefficient (Wildman–Crippen LogP) is 4.23. The van der Waals surface area contributed by atoms with Gasteiger partial charge in [-0.3, -0.25) is 19.2 Å². The topological polar surface area (TPSA) is 93.0 Å². The summed E-state index contributed by atoms with van der Waals surface area (Å²) in [4.78, 5) is 26.4. The summed E-state index contributed by atoms with van der Waals surface area (Å²) in [6.45, 7) is 1.84. The first-order valence-electron chi connectivity index (χ1n) is 9.82. The summed E-state index contributed by atoms with van der Waals surface area (Å²) in [5, 5.41) is 16.9. The zero-order valence-electron chi connectivity index (χ0n) is 17.0. The number of carbonyl (C=O) groups is 2. The number of nitrogens with zero attached hydrogens (tertiary/aromatic N) is 5. The van der Waals surface area contributed by atoms with Crippen LogP contribution in [0.3, 0.4) is 0 Å². The summed E-state index contributed by atoms with van der Waals surface area (Å²) in [6, 6.07) is 9.42. The zero-order chi connectivity index (χ0) is 22.0. The quantitative estimate of drug-likeness (QED) is 0.386. The molecule has 0 unspecified atom stereocenters. The first-order chi connectivity index (χ1) is 14.9. The van der Waals surface area contributed by atoms with E-state index in [4.69, 9.17) is 11.6 Å². The van der Waals surface area contributed by atoms with E-state index in [1.165, 1.54) is 23.1 Å². The first-order valence-corrected chi connectivity index (χ1v) is 12.0. The SMILES string of the molecule is CCC(=O)N(c1nnc(SCC(=O)Nc2cc(-c3ccc(Cl)cc3)nn2C)s1)C1CC1. The van der Waals surface area contributed by atoms with Crippen molar-refractivity contribution in [3.63, 3.8) is 0 Å². The van der Waals surface area contributed by atoms with Crippen LogP contribution in [0.2, 0.25) is 5.02 Å². The third-order valence-corrected chi connectivity index (χ3v) is 7.01. The van der Waals surface area contributed by atoms with Crippen molar-refractivity contribution in [3.05, 3.63) is 35.4 Å². The highest BCUT2D eigenvalue weighted by atomic mass is 35.5. The number of carbonyl (C=O) groups excluding carboxylic acids is 2. The Morgan fingerprint density at radius 1 is 1.29 bits per heavy atom. The van der Waals surface area contributed by atoms with Gasteiger partial charge in [-0.1, -0.05) is 53.8 Å². The maximum absolute atomic E-state index is 12.4. The fraction of sp³-hybridized carbons (Fsp3) is 0.350. The van der Waals surface area contributed by atoms with Gasteiger partial charge in [0.2, 0.25) is 16.9 Å². The number of aromatic nitrogens is 4. The summed E-state index contributed by atoms with van der Waals surface area (Å²) in [5.74, 6) is 0.667. The highest BCUT2D eigenvalue weighted by Crippen LogP contribution is 2.36. The number of amides is 2. The average molecular weight is 477 g/mol. The Morgan fingerprint density at radius 2 is 2.03 bits per heavy atom. The van der Waals surface area contributed by atoms with E-state index >= 15 is 0 Å². The Bertz CT molecular complexity index is 1090. The van der Waals surface area contributed by atoms with Crippen LogP contribution in [0.15, 0.2) is 34.7 Å². The zero-order valence-corrected chi connectivity index (χ0v) is 19.4. The molecular weight excluding hydrogens is 456 g/mol. The number of halogens is 1. The Kier molecular flexibility index (Phi) is 6.59. The molecule has 1 aliphatic carbocycles. The number of hydrogen-bond acceptors (Lipinski definition) is 7. The Labute approximate surface area is 193 Å². The van der Waals surface area contributed by atoms with E-state index in [0.717, 1.165) is 24.1 Å². The molecular formula is C20H21ClN6O2S2. The summed E-state index contributed by atoms with van der Waals surface area (Å²) in [7, 11) is 1.77. The van der Waals surface area contributed by atoms with Crippen LogP contribution in [0.5, 0.6) is 0 Å². The molecule has 3 aromatic rings. The van der Waals surface area contributed by atoms with Gasteiger partial charge in [0.25, 0.3) is 0 Å². The lowest BCUT2D eigenvalue weighted by Crippen LogP contribution is -2.32. The predicted molar refractivity (Wildman–Crippen MR) is 124 cm³/mol. The number of nitrogens with one attached hydrogen (secondary N) is 1. The molecule has 0 aliphatic heterocycles. The van der Waals surface area contributed by atoms with Gasteiger partial charge in [-0.15, -0.1) is 10.2 Å². The van der Waals surface area contributed by atoms with Gasteiger partial charge in [0.15, 0.2) is 4.34 Å². The largest absolute Gasteiger partial charge is 0.310 e. The van der Waals surface area contributed by atoms with Crippen LogP contribution in [-0.4, -0.2) is 43.6 Å². The molecule has 2 heterocycles. The summed E-state index contributed by atoms with van der Waals surface area (Å²) in [6.07, 6.45) is 2.43. The molecule has 11 heteroatoms. The van der Waals surface area contributed by atoms with Crippen LogP contribution in [0.25, 0.3) is 11.3 Å². The van der Waals surface area contributed by atoms with Gasteiger partial charge >= 0.3 is 0 Å². The Morgan fingerprint density at radius 3 is 2.71 bits per heavy atom. The first kappa shape index (κ1) is 21.8. The van der Waals surface area contributed by atoms with Crippen LogP contribution >= 0.6 is 34.7 Å². The van der Waals surface area contributed by atoms with E-state index in [2.05, 4.69) is 20.6 Å². The van der Waals surface area contributed by atoms with E-state index < -0.39 is 0 Å². The maximum Gasteiger partial charge on any atom is 0.235 e. The van der Waals surface area contributed by atoms with Crippen molar-refractivity contribution < 1.29 is 9.59 Å². The van der Waals surface area contributed by atoms with Crippen LogP contribution in [0.4, 0.5) is 10.9 Å². The van der Waals surface area contributed by atoms with Crippen LogP contribution in [0, 0.1) is 0 Å². The van der Waals surface area contributed by atoms with Gasteiger partial charge in [0.05, 0.1) is 11.4 Å². The number of thioether (sulfide) groups is 1. The van der Waals surface area contributed by atoms with Crippen molar-refractivity contribution in [2.24, 2.45) is 7.05 Å². The Hall–Kier alpha value is -2.43. The van der Waals surface area contributed by atoms with Gasteiger partial charge in [-0.25, -0.2) is 0 Å². The highest BCUT2D eigenvalue weighted by Gasteiger charge is 2.35. The average Bonchev–Trinajstić information content (AvgIpc) is 3.37. The fourth-order valence-corrected chi connectivity index (χ4v) is 4.84. The monoisotopic (exact) mass is 476 g/mol. The van der Waals surface area contributed by atoms with Crippen molar-refractivity contribution in [2.45, 2.75) is 36.6 Å². The third-order valence-electron chi connectivity index (χ3n) is 4.70. The van der Waals surface area contributed by atoms with Crippen molar-refractivity contribution in [1.29, 1.82) is 0 Å². The van der Waals surface area contributed by atoms with Crippen LogP contribution < -0.4 is 10.2 Å². The molecule has 0 atom stereocenters. The normalized spacial score (nSPS) is 13.3. The molecule has 0 spiro atoms. The van der Waals surface area contributed by atoms with Gasteiger partial charge in [0.1, 0.15) is 5.82 Å². The molecule has 2 aromatic heterocycles. The summed E-state index contributed by atoms with van der Waals surface area (Å²) in [5.41, 5.74) is 1.66. The van der Waals surface area contributed by atoms with Crippen molar-refractivity contribution in [3.8, 4) is 11.3 Å². The lowest BCUT2D eigenvalue weighted by Gasteiger charge is -2.17. The minimum absolute atomic E-state index is 0.0562. The molecule has 8 nitrogen and oxygen atoms in total. The smallest absolute Gasteiger partial charge is 0.235 e. The fourth-order valence-electron chi connectivity index (χ4n) is 2.98. The van der Waals surface area contributed by atoms with Gasteiger partial charge < -0.3 is 5.32 Å². The third kappa shape index (κ3) is 5.25. The van der Waals surface area contributed by atoms with Crippen LogP contribution in [-0.2, 0) is 16.6 Å². The molecule has 1 N–H and O–H groups in total. The molecule has 1 aliphatic rings. The molecule has 1 saturated carbocycles. The van der Waals surface area contributed by atoms with Crippen molar-refractivity contribution in [2.75, 3.05) is 16.0 Å². The van der Waals surface area contributed by atoms with Gasteiger partial charge in [0, 0.05) is 36.2 Å². The Balaban J connectivity index is 1.35. The second-order valence-corrected chi connectivity index (χ2v) is 9.70. The molecule has 0 radical (unpaired) electrons. The molecule has 0 saturated heterocycles. The summed E-state index contributed by atoms with van der Waals surface area (Å²) >= 11 is 8.58. The van der Waals surface area contributed by atoms with Crippen molar-refractivity contribution >= 4 is 57.5 Å². The molecule has 1 fully saturated rings. The lowest BCUT2D eigenvalue weighted by molar-refractivity contribution is -0.118. The maximum atomic E-state index is 12.4. The minimum Gasteiger partial charge on any atom is -0.310 e. The molecule has 1 aromatic carbocycles. The van der Waals surface area contributed by atoms with E-state index in [0.29, 0.717) is 26.7 Å². The van der Waals surface area contributed by atoms with Crippen molar-refractivity contribution in [1.82, 2.24) is 20.0 Å². The van der Waals surface area contributed by atoms with E-state index in [1.807, 2.05) is 25.1 Å². The van der Waals surface area contributed by atoms with Gasteiger partial charge in [-0.2, -0.15) is 5.10 Å². The van der Waals surface area contributed by atoms with E-state index in [-0.39, 0.29) is 23.6 Å². The van der Waals surface area contributed by atoms with Crippen LogP contribution in [0.1, 0.15) is 26.2 Å². The molecule has 0 bridgehead atoms. The minimum atomic E-state index is -0.170. The number of rotatable bonds is 8. The van der Waals surface area contributed by atoms with Gasteiger partial charge in [-0.05, 0) is 25.0 Å². The second kappa shape index (κ2) is 9.37. The van der Waals surface area contributed by atoms with E-state index in [1.54, 1.807) is 28.8 Å². The molecule has 4 rings (SSSR count). The number of aryl methyl sites for hydroxylation is 1. The molecule has 2 amide bonds. The second-order valence-electron chi connectivity index (χ2n) is 7.08.